The number of phenolic OH excluding ortho intramolecular Hbond substituents is 1. The predicted molar refractivity (Wildman–Crippen MR) is 227 cm³/mol. The van der Waals surface area contributed by atoms with Gasteiger partial charge in [0.1, 0.15) is 23.7 Å². The molecule has 3 aromatic carbocycles. The van der Waals surface area contributed by atoms with E-state index in [1.54, 1.807) is 13.8 Å². The Labute approximate surface area is 376 Å². The van der Waals surface area contributed by atoms with Gasteiger partial charge < -0.3 is 41.5 Å². The average molecular weight is 963 g/mol. The Hall–Kier alpha value is -4.08. The van der Waals surface area contributed by atoms with Gasteiger partial charge in [-0.1, -0.05) is 66.0 Å². The largest absolute Gasteiger partial charge is 0.506 e. The summed E-state index contributed by atoms with van der Waals surface area (Å²) in [6.07, 6.45) is -5.66. The van der Waals surface area contributed by atoms with E-state index in [9.17, 15) is 41.4 Å². The number of carboxylic acid groups (broad SMARTS) is 2. The molecule has 22 heteroatoms. The van der Waals surface area contributed by atoms with E-state index in [1.165, 1.54) is 23.3 Å². The number of likely N-dealkylation sites (tertiary alicyclic amines) is 2. The van der Waals surface area contributed by atoms with Crippen molar-refractivity contribution < 1.29 is 65.9 Å². The van der Waals surface area contributed by atoms with Crippen molar-refractivity contribution in [3.63, 3.8) is 0 Å². The van der Waals surface area contributed by atoms with Crippen LogP contribution in [0.1, 0.15) is 57.1 Å². The van der Waals surface area contributed by atoms with Crippen molar-refractivity contribution in [2.45, 2.75) is 89.1 Å². The summed E-state index contributed by atoms with van der Waals surface area (Å²) >= 11 is 17.8. The second-order valence-corrected chi connectivity index (χ2v) is 16.2. The number of rotatable bonds is 12. The summed E-state index contributed by atoms with van der Waals surface area (Å²) in [6, 6.07) is 19.5. The summed E-state index contributed by atoms with van der Waals surface area (Å²) in [6.45, 7) is 9.85. The number of anilines is 1. The number of carboxylic acids is 2. The number of ether oxygens (including phenoxy) is 1. The quantitative estimate of drug-likeness (QED) is 0.0684. The first-order valence-electron chi connectivity index (χ1n) is 19.5. The zero-order chi connectivity index (χ0) is 47.5. The van der Waals surface area contributed by atoms with Crippen LogP contribution < -0.4 is 21.1 Å². The molecular formula is C41H52Cl3F6N5O8. The Morgan fingerprint density at radius 1 is 0.778 bits per heavy atom. The Balaban J connectivity index is 0.000000382. The van der Waals surface area contributed by atoms with E-state index in [1.807, 2.05) is 24.3 Å². The van der Waals surface area contributed by atoms with Crippen molar-refractivity contribution in [2.24, 2.45) is 5.73 Å². The van der Waals surface area contributed by atoms with Crippen molar-refractivity contribution in [1.29, 1.82) is 0 Å². The van der Waals surface area contributed by atoms with Crippen LogP contribution in [0.4, 0.5) is 32.0 Å². The lowest BCUT2D eigenvalue weighted by Crippen LogP contribution is -2.49. The SMILES string of the molecule is CCC(=O)Nc1cc(Cl)c(O)cc1OC[C@@](C)(O)CNC1CCN(Cc2ccc(Cl)cc2)CC1.NC1CCN(Cc2ccc(Cl)cc2)CC1.O=C(O)C(F)(F)F.O=C(O)C(F)(F)F. The Morgan fingerprint density at radius 2 is 1.19 bits per heavy atom. The number of amides is 1. The van der Waals surface area contributed by atoms with Crippen LogP contribution in [0.5, 0.6) is 11.5 Å². The van der Waals surface area contributed by atoms with Crippen LogP contribution in [0, 0.1) is 0 Å². The molecule has 0 aliphatic carbocycles. The van der Waals surface area contributed by atoms with Crippen LogP contribution in [0.2, 0.25) is 15.1 Å². The van der Waals surface area contributed by atoms with Gasteiger partial charge >= 0.3 is 24.3 Å². The van der Waals surface area contributed by atoms with Gasteiger partial charge in [0.25, 0.3) is 0 Å². The molecule has 2 heterocycles. The molecule has 0 aromatic heterocycles. The van der Waals surface area contributed by atoms with Gasteiger partial charge in [-0.05, 0) is 100 Å². The van der Waals surface area contributed by atoms with E-state index >= 15 is 0 Å². The number of piperidine rings is 2. The number of phenols is 1. The van der Waals surface area contributed by atoms with Gasteiger partial charge in [-0.25, -0.2) is 9.59 Å². The number of alkyl halides is 6. The highest BCUT2D eigenvalue weighted by Crippen LogP contribution is 2.36. The van der Waals surface area contributed by atoms with Crippen molar-refractivity contribution in [3.05, 3.63) is 86.9 Å². The zero-order valence-electron chi connectivity index (χ0n) is 34.4. The Bertz CT molecular complexity index is 1850. The van der Waals surface area contributed by atoms with Gasteiger partial charge in [-0.2, -0.15) is 26.3 Å². The number of aliphatic hydroxyl groups is 1. The molecule has 0 unspecified atom stereocenters. The van der Waals surface area contributed by atoms with Crippen LogP contribution in [0.15, 0.2) is 60.7 Å². The molecule has 0 bridgehead atoms. The minimum absolute atomic E-state index is 0.0223. The smallest absolute Gasteiger partial charge is 0.490 e. The van der Waals surface area contributed by atoms with E-state index in [2.05, 4.69) is 44.7 Å². The van der Waals surface area contributed by atoms with Gasteiger partial charge in [0.15, 0.2) is 0 Å². The Morgan fingerprint density at radius 3 is 1.59 bits per heavy atom. The van der Waals surface area contributed by atoms with Gasteiger partial charge in [-0.3, -0.25) is 14.6 Å². The maximum absolute atomic E-state index is 11.8. The molecule has 1 amide bonds. The highest BCUT2D eigenvalue weighted by atomic mass is 35.5. The van der Waals surface area contributed by atoms with E-state index < -0.39 is 29.9 Å². The number of carbonyl (C=O) groups excluding carboxylic acids is 1. The second-order valence-electron chi connectivity index (χ2n) is 14.9. The number of nitrogens with two attached hydrogens (primary N) is 1. The number of aliphatic carboxylic acids is 2. The predicted octanol–water partition coefficient (Wildman–Crippen LogP) is 7.96. The zero-order valence-corrected chi connectivity index (χ0v) is 36.7. The van der Waals surface area contributed by atoms with Crippen LogP contribution >= 0.6 is 34.8 Å². The van der Waals surface area contributed by atoms with Crippen molar-refractivity contribution in [1.82, 2.24) is 15.1 Å². The third-order valence-corrected chi connectivity index (χ3v) is 10.1. The number of nitrogens with zero attached hydrogens (tertiary/aromatic N) is 2. The van der Waals surface area contributed by atoms with Crippen LogP contribution in [0.3, 0.4) is 0 Å². The summed E-state index contributed by atoms with van der Waals surface area (Å²) in [4.78, 5) is 34.5. The molecule has 2 aliphatic heterocycles. The standard InChI is InChI=1S/C25H33Cl2N3O4.C12H17ClN2.2C2HF3O2/c1-3-24(32)29-21-12-20(27)22(31)13-23(21)34-16-25(2,33)15-28-19-8-10-30(11-9-19)14-17-4-6-18(26)7-5-17;13-11-3-1-10(2-4-11)9-15-7-5-12(14)6-8-15;2*3-2(4,5)1(6)7/h4-7,12-13,19,28,31,33H,3,8-11,14-16H2,1-2H3,(H,29,32);1-4,12H,5-9,14H2;2*(H,6,7)/t25-;;;/m0.../s1. The molecule has 1 atom stereocenters. The minimum atomic E-state index is -5.08. The average Bonchev–Trinajstić information content (AvgIpc) is 3.21. The molecule has 352 valence electrons. The van der Waals surface area contributed by atoms with Crippen molar-refractivity contribution in [2.75, 3.05) is 44.6 Å². The minimum Gasteiger partial charge on any atom is -0.506 e. The lowest BCUT2D eigenvalue weighted by molar-refractivity contribution is -0.193. The van der Waals surface area contributed by atoms with Crippen LogP contribution in [-0.4, -0.2) is 117 Å². The summed E-state index contributed by atoms with van der Waals surface area (Å²) in [7, 11) is 0. The lowest BCUT2D eigenvalue weighted by Gasteiger charge is -2.34. The van der Waals surface area contributed by atoms with E-state index in [0.717, 1.165) is 75.0 Å². The molecule has 8 N–H and O–H groups in total. The molecule has 2 saturated heterocycles. The number of halogens is 9. The molecule has 5 rings (SSSR count). The highest BCUT2D eigenvalue weighted by Gasteiger charge is 2.39. The van der Waals surface area contributed by atoms with E-state index in [-0.39, 0.29) is 35.5 Å². The molecule has 13 nitrogen and oxygen atoms in total. The molecule has 2 fully saturated rings. The molecule has 0 spiro atoms. The van der Waals surface area contributed by atoms with Crippen molar-refractivity contribution >= 4 is 58.3 Å². The third-order valence-electron chi connectivity index (χ3n) is 9.30. The first kappa shape index (κ1) is 55.1. The highest BCUT2D eigenvalue weighted by molar-refractivity contribution is 6.32. The van der Waals surface area contributed by atoms with Gasteiger partial charge in [0.2, 0.25) is 5.91 Å². The topological polar surface area (TPSA) is 198 Å². The monoisotopic (exact) mass is 961 g/mol. The van der Waals surface area contributed by atoms with Crippen LogP contribution in [-0.2, 0) is 27.5 Å². The summed E-state index contributed by atoms with van der Waals surface area (Å²) in [5, 5.41) is 42.8. The van der Waals surface area contributed by atoms with E-state index in [0.29, 0.717) is 24.3 Å². The number of aromatic hydroxyl groups is 1. The molecule has 3 aromatic rings. The maximum atomic E-state index is 11.8. The van der Waals surface area contributed by atoms with Crippen molar-refractivity contribution in [3.8, 4) is 11.5 Å². The number of hydrogen-bond donors (Lipinski definition) is 7. The molecular weight excluding hydrogens is 911 g/mol. The normalized spacial score (nSPS) is 16.1. The first-order chi connectivity index (χ1) is 29.3. The molecule has 0 radical (unpaired) electrons. The fourth-order valence-corrected chi connectivity index (χ4v) is 6.16. The van der Waals surface area contributed by atoms with Gasteiger partial charge in [0.05, 0.1) is 10.7 Å². The number of hydrogen-bond acceptors (Lipinski definition) is 10. The van der Waals surface area contributed by atoms with E-state index in [4.69, 9.17) is 65.1 Å². The first-order valence-corrected chi connectivity index (χ1v) is 20.6. The van der Waals surface area contributed by atoms with Gasteiger partial charge in [-0.15, -0.1) is 0 Å². The lowest BCUT2D eigenvalue weighted by atomic mass is 10.0. The molecule has 2 aliphatic rings. The number of benzene rings is 3. The molecule has 63 heavy (non-hydrogen) atoms. The van der Waals surface area contributed by atoms with Gasteiger partial charge in [0, 0.05) is 54.3 Å². The fraction of sp³-hybridized carbons (Fsp3) is 0.488. The summed E-state index contributed by atoms with van der Waals surface area (Å²) in [5.41, 5.74) is 7.65. The molecule has 0 saturated carbocycles. The maximum Gasteiger partial charge on any atom is 0.490 e. The second kappa shape index (κ2) is 26.0. The summed E-state index contributed by atoms with van der Waals surface area (Å²) < 4.78 is 69.2. The third kappa shape index (κ3) is 22.4. The number of nitrogens with one attached hydrogen (secondary N) is 2. The van der Waals surface area contributed by atoms with Crippen LogP contribution in [0.25, 0.3) is 0 Å². The number of carbonyl (C=O) groups is 3. The fourth-order valence-electron chi connectivity index (χ4n) is 5.75. The Kier molecular flexibility index (Phi) is 22.7. The summed E-state index contributed by atoms with van der Waals surface area (Å²) in [5.74, 6) is -5.63.